The number of hydrogen-bond acceptors (Lipinski definition) is 3. The molecule has 0 radical (unpaired) electrons. The molecule has 3 nitrogen and oxygen atoms in total. The van der Waals surface area contributed by atoms with Gasteiger partial charge in [0.15, 0.2) is 0 Å². The summed E-state index contributed by atoms with van der Waals surface area (Å²) in [6.45, 7) is 2.16. The summed E-state index contributed by atoms with van der Waals surface area (Å²) in [4.78, 5) is 9.18. The van der Waals surface area contributed by atoms with Crippen LogP contribution in [0.25, 0.3) is 0 Å². The van der Waals surface area contributed by atoms with E-state index in [1.807, 2.05) is 13.2 Å². The van der Waals surface area contributed by atoms with Gasteiger partial charge in [-0.15, -0.1) is 0 Å². The number of likely N-dealkylation sites (N-methyl/N-ethyl adjacent to an activating group) is 1. The number of aryl methyl sites for hydroxylation is 2. The van der Waals surface area contributed by atoms with Crippen LogP contribution in [0.3, 0.4) is 0 Å². The first-order chi connectivity index (χ1) is 7.79. The Morgan fingerprint density at radius 1 is 1.31 bits per heavy atom. The van der Waals surface area contributed by atoms with Crippen molar-refractivity contribution in [3.63, 3.8) is 0 Å². The maximum atomic E-state index is 4.71. The van der Waals surface area contributed by atoms with Crippen LogP contribution in [0.15, 0.2) is 6.20 Å². The number of nitrogens with zero attached hydrogens (tertiary/aromatic N) is 2. The van der Waals surface area contributed by atoms with Crippen molar-refractivity contribution in [2.45, 2.75) is 51.5 Å². The minimum absolute atomic E-state index is 0.448. The Morgan fingerprint density at radius 3 is 2.94 bits per heavy atom. The topological polar surface area (TPSA) is 37.8 Å². The number of nitrogens with one attached hydrogen (secondary N) is 1. The van der Waals surface area contributed by atoms with E-state index in [-0.39, 0.29) is 0 Å². The van der Waals surface area contributed by atoms with Crippen molar-refractivity contribution in [2.75, 3.05) is 7.05 Å². The van der Waals surface area contributed by atoms with Crippen LogP contribution in [0.5, 0.6) is 0 Å². The Labute approximate surface area is 97.7 Å². The molecule has 1 aromatic heterocycles. The maximum Gasteiger partial charge on any atom is 0.130 e. The molecule has 1 atom stereocenters. The summed E-state index contributed by atoms with van der Waals surface area (Å²) in [5, 5.41) is 3.23. The van der Waals surface area contributed by atoms with E-state index in [2.05, 4.69) is 17.2 Å². The fourth-order valence-corrected chi connectivity index (χ4v) is 2.17. The fraction of sp³-hybridized carbons (Fsp3) is 0.692. The lowest BCUT2D eigenvalue weighted by atomic mass is 10.1. The maximum absolute atomic E-state index is 4.71. The highest BCUT2D eigenvalue weighted by atomic mass is 14.9. The lowest BCUT2D eigenvalue weighted by Gasteiger charge is -2.11. The number of hydrogen-bond donors (Lipinski definition) is 1. The Hall–Kier alpha value is -0.960. The van der Waals surface area contributed by atoms with Gasteiger partial charge in [0, 0.05) is 24.4 Å². The normalized spacial score (nSPS) is 17.6. The van der Waals surface area contributed by atoms with Gasteiger partial charge in [-0.2, -0.15) is 0 Å². The third-order valence-corrected chi connectivity index (χ3v) is 3.35. The van der Waals surface area contributed by atoms with Crippen molar-refractivity contribution in [3.8, 4) is 0 Å². The number of fused-ring (bicyclic) bond motifs is 1. The SMILES string of the molecule is CNC(C)Cc1ncc2c(n1)CCCCC2. The highest BCUT2D eigenvalue weighted by molar-refractivity contribution is 5.19. The van der Waals surface area contributed by atoms with E-state index in [1.165, 1.54) is 30.5 Å². The molecule has 0 saturated heterocycles. The van der Waals surface area contributed by atoms with Crippen molar-refractivity contribution >= 4 is 0 Å². The van der Waals surface area contributed by atoms with E-state index in [9.17, 15) is 0 Å². The highest BCUT2D eigenvalue weighted by Crippen LogP contribution is 2.18. The molecule has 1 heterocycles. The van der Waals surface area contributed by atoms with Crippen LogP contribution < -0.4 is 5.32 Å². The average Bonchev–Trinajstić information content (AvgIpc) is 2.53. The van der Waals surface area contributed by atoms with Gasteiger partial charge in [-0.05, 0) is 45.2 Å². The second-order valence-electron chi connectivity index (χ2n) is 4.71. The zero-order chi connectivity index (χ0) is 11.4. The molecule has 88 valence electrons. The minimum atomic E-state index is 0.448. The van der Waals surface area contributed by atoms with Gasteiger partial charge in [0.1, 0.15) is 5.82 Å². The van der Waals surface area contributed by atoms with Crippen molar-refractivity contribution in [2.24, 2.45) is 0 Å². The molecule has 0 fully saturated rings. The zero-order valence-electron chi connectivity index (χ0n) is 10.3. The molecule has 0 spiro atoms. The van der Waals surface area contributed by atoms with E-state index in [0.717, 1.165) is 25.1 Å². The summed E-state index contributed by atoms with van der Waals surface area (Å²) < 4.78 is 0. The van der Waals surface area contributed by atoms with Crippen molar-refractivity contribution in [1.29, 1.82) is 0 Å². The highest BCUT2D eigenvalue weighted by Gasteiger charge is 2.11. The van der Waals surface area contributed by atoms with Crippen molar-refractivity contribution in [1.82, 2.24) is 15.3 Å². The van der Waals surface area contributed by atoms with Crippen molar-refractivity contribution < 1.29 is 0 Å². The third kappa shape index (κ3) is 2.79. The van der Waals surface area contributed by atoms with Crippen LogP contribution in [-0.2, 0) is 19.3 Å². The van der Waals surface area contributed by atoms with Gasteiger partial charge in [-0.25, -0.2) is 9.97 Å². The Morgan fingerprint density at radius 2 is 2.12 bits per heavy atom. The number of aromatic nitrogens is 2. The van der Waals surface area contributed by atoms with Gasteiger partial charge in [-0.3, -0.25) is 0 Å². The van der Waals surface area contributed by atoms with Crippen LogP contribution in [0.4, 0.5) is 0 Å². The molecule has 0 amide bonds. The molecule has 1 unspecified atom stereocenters. The Bertz CT molecular complexity index is 349. The van der Waals surface area contributed by atoms with Crippen molar-refractivity contribution in [3.05, 3.63) is 23.3 Å². The standard InChI is InChI=1S/C13H21N3/c1-10(14-2)8-13-15-9-11-6-4-3-5-7-12(11)16-13/h9-10,14H,3-8H2,1-2H3. The summed E-state index contributed by atoms with van der Waals surface area (Å²) in [6.07, 6.45) is 9.18. The lowest BCUT2D eigenvalue weighted by Crippen LogP contribution is -2.24. The molecule has 1 aromatic rings. The second-order valence-corrected chi connectivity index (χ2v) is 4.71. The molecule has 1 aliphatic rings. The van der Waals surface area contributed by atoms with Gasteiger partial charge in [0.2, 0.25) is 0 Å². The molecule has 0 saturated carbocycles. The summed E-state index contributed by atoms with van der Waals surface area (Å²) in [5.74, 6) is 0.988. The van der Waals surface area contributed by atoms with Gasteiger partial charge in [0.25, 0.3) is 0 Å². The van der Waals surface area contributed by atoms with E-state index in [0.29, 0.717) is 6.04 Å². The monoisotopic (exact) mass is 219 g/mol. The van der Waals surface area contributed by atoms with E-state index < -0.39 is 0 Å². The molecular weight excluding hydrogens is 198 g/mol. The lowest BCUT2D eigenvalue weighted by molar-refractivity contribution is 0.587. The molecule has 1 aliphatic carbocycles. The molecule has 0 aliphatic heterocycles. The quantitative estimate of drug-likeness (QED) is 0.789. The Kier molecular flexibility index (Phi) is 3.88. The van der Waals surface area contributed by atoms with Gasteiger partial charge in [0.05, 0.1) is 0 Å². The molecule has 0 bridgehead atoms. The second kappa shape index (κ2) is 5.39. The van der Waals surface area contributed by atoms with Crippen LogP contribution >= 0.6 is 0 Å². The van der Waals surface area contributed by atoms with Crippen LogP contribution in [0.2, 0.25) is 0 Å². The van der Waals surface area contributed by atoms with Gasteiger partial charge < -0.3 is 5.32 Å². The predicted molar refractivity (Wildman–Crippen MR) is 65.5 cm³/mol. The van der Waals surface area contributed by atoms with Gasteiger partial charge in [-0.1, -0.05) is 6.42 Å². The molecule has 1 N–H and O–H groups in total. The fourth-order valence-electron chi connectivity index (χ4n) is 2.17. The van der Waals surface area contributed by atoms with Gasteiger partial charge >= 0.3 is 0 Å². The zero-order valence-corrected chi connectivity index (χ0v) is 10.3. The number of rotatable bonds is 3. The molecule has 0 aromatic carbocycles. The summed E-state index contributed by atoms with van der Waals surface area (Å²) in [5.41, 5.74) is 2.67. The largest absolute Gasteiger partial charge is 0.317 e. The molecular formula is C13H21N3. The predicted octanol–water partition coefficient (Wildman–Crippen LogP) is 1.90. The van der Waals surface area contributed by atoms with Crippen LogP contribution in [0.1, 0.15) is 43.3 Å². The molecule has 16 heavy (non-hydrogen) atoms. The Balaban J connectivity index is 2.14. The van der Waals surface area contributed by atoms with E-state index >= 15 is 0 Å². The van der Waals surface area contributed by atoms with Crippen LogP contribution in [0, 0.1) is 0 Å². The van der Waals surface area contributed by atoms with Crippen LogP contribution in [-0.4, -0.2) is 23.1 Å². The molecule has 3 heteroatoms. The summed E-state index contributed by atoms with van der Waals surface area (Å²) >= 11 is 0. The first kappa shape index (κ1) is 11.5. The minimum Gasteiger partial charge on any atom is -0.317 e. The smallest absolute Gasteiger partial charge is 0.130 e. The average molecular weight is 219 g/mol. The summed E-state index contributed by atoms with van der Waals surface area (Å²) in [6, 6.07) is 0.448. The molecule has 2 rings (SSSR count). The third-order valence-electron chi connectivity index (χ3n) is 3.35. The summed E-state index contributed by atoms with van der Waals surface area (Å²) in [7, 11) is 1.98. The van der Waals surface area contributed by atoms with E-state index in [4.69, 9.17) is 4.98 Å². The first-order valence-electron chi connectivity index (χ1n) is 6.30. The first-order valence-corrected chi connectivity index (χ1v) is 6.30. The van der Waals surface area contributed by atoms with E-state index in [1.54, 1.807) is 0 Å².